The van der Waals surface area contributed by atoms with Crippen molar-refractivity contribution in [1.29, 1.82) is 0 Å². The predicted octanol–water partition coefficient (Wildman–Crippen LogP) is 5.36. The summed E-state index contributed by atoms with van der Waals surface area (Å²) >= 11 is 0. The van der Waals surface area contributed by atoms with Gasteiger partial charge in [-0.1, -0.05) is 0 Å². The van der Waals surface area contributed by atoms with Gasteiger partial charge in [-0.05, 0) is 74.0 Å². The van der Waals surface area contributed by atoms with Crippen LogP contribution in [-0.2, 0) is 10.9 Å². The van der Waals surface area contributed by atoms with E-state index in [-0.39, 0.29) is 11.7 Å². The van der Waals surface area contributed by atoms with Crippen molar-refractivity contribution < 1.29 is 32.5 Å². The van der Waals surface area contributed by atoms with Crippen molar-refractivity contribution in [2.24, 2.45) is 23.7 Å². The predicted molar refractivity (Wildman–Crippen MR) is 95.0 cm³/mol. The van der Waals surface area contributed by atoms with Crippen molar-refractivity contribution in [1.82, 2.24) is 0 Å². The van der Waals surface area contributed by atoms with Gasteiger partial charge >= 0.3 is 12.1 Å². The van der Waals surface area contributed by atoms with E-state index in [2.05, 4.69) is 0 Å². The van der Waals surface area contributed by atoms with Gasteiger partial charge in [0.2, 0.25) is 5.79 Å². The van der Waals surface area contributed by atoms with Gasteiger partial charge in [0, 0.05) is 13.8 Å². The molecule has 0 radical (unpaired) electrons. The minimum atomic E-state index is -4.65. The highest BCUT2D eigenvalue weighted by Crippen LogP contribution is 2.55. The standard InChI is InChI=1S/C21H25F3O4/c1-20(2,28-18-14-6-11-5-12(8-14)9-15(18)7-11)27-17-10-13(19(25)26)3-4-16(17)21(22,23)24/h3-4,10-12,14-15,18H,5-9H2,1-2H3,(H,25,26). The number of benzene rings is 1. The third-order valence-corrected chi connectivity index (χ3v) is 6.45. The Bertz CT molecular complexity index is 743. The van der Waals surface area contributed by atoms with Crippen LogP contribution < -0.4 is 4.74 Å². The average Bonchev–Trinajstić information content (AvgIpc) is 2.56. The van der Waals surface area contributed by atoms with E-state index in [1.165, 1.54) is 6.42 Å². The molecule has 0 heterocycles. The molecule has 1 aromatic rings. The van der Waals surface area contributed by atoms with Gasteiger partial charge in [-0.3, -0.25) is 0 Å². The largest absolute Gasteiger partial charge is 0.478 e. The number of carboxylic acids is 1. The molecule has 4 fully saturated rings. The lowest BCUT2D eigenvalue weighted by atomic mass is 9.55. The van der Waals surface area contributed by atoms with Gasteiger partial charge in [-0.2, -0.15) is 13.2 Å². The Morgan fingerprint density at radius 3 is 2.11 bits per heavy atom. The lowest BCUT2D eigenvalue weighted by Gasteiger charge is -2.55. The first-order valence-electron chi connectivity index (χ1n) is 9.83. The van der Waals surface area contributed by atoms with Gasteiger partial charge in [-0.25, -0.2) is 4.79 Å². The number of hydrogen-bond donors (Lipinski definition) is 1. The number of rotatable bonds is 5. The first-order chi connectivity index (χ1) is 13.0. The molecule has 4 aliphatic carbocycles. The van der Waals surface area contributed by atoms with Crippen molar-refractivity contribution in [3.05, 3.63) is 29.3 Å². The highest BCUT2D eigenvalue weighted by atomic mass is 19.4. The summed E-state index contributed by atoms with van der Waals surface area (Å²) in [6, 6.07) is 2.61. The van der Waals surface area contributed by atoms with Crippen molar-refractivity contribution >= 4 is 5.97 Å². The SMILES string of the molecule is CC(C)(Oc1cc(C(=O)O)ccc1C(F)(F)F)OC1C2CC3CC(C2)CC1C3. The fourth-order valence-corrected chi connectivity index (χ4v) is 5.66. The van der Waals surface area contributed by atoms with E-state index in [1.807, 2.05) is 0 Å². The molecule has 0 unspecified atom stereocenters. The third kappa shape index (κ3) is 3.73. The fourth-order valence-electron chi connectivity index (χ4n) is 5.66. The molecule has 0 aromatic heterocycles. The second kappa shape index (κ2) is 6.65. The zero-order chi connectivity index (χ0) is 20.3. The van der Waals surface area contributed by atoms with E-state index in [1.54, 1.807) is 13.8 Å². The monoisotopic (exact) mass is 398 g/mol. The molecule has 4 nitrogen and oxygen atoms in total. The Labute approximate surface area is 162 Å². The summed E-state index contributed by atoms with van der Waals surface area (Å²) in [6.45, 7) is 3.21. The molecule has 0 amide bonds. The average molecular weight is 398 g/mol. The van der Waals surface area contributed by atoms with Gasteiger partial charge in [0.05, 0.1) is 17.2 Å². The molecule has 7 heteroatoms. The van der Waals surface area contributed by atoms with Crippen molar-refractivity contribution in [3.8, 4) is 5.75 Å². The number of halogens is 3. The Kier molecular flexibility index (Phi) is 4.64. The normalized spacial score (nSPS) is 31.8. The second-order valence-corrected chi connectivity index (χ2v) is 9.03. The van der Waals surface area contributed by atoms with Crippen LogP contribution in [0.2, 0.25) is 0 Å². The van der Waals surface area contributed by atoms with Gasteiger partial charge in [0.1, 0.15) is 5.75 Å². The van der Waals surface area contributed by atoms with Crippen LogP contribution in [-0.4, -0.2) is 23.0 Å². The number of hydrogen-bond acceptors (Lipinski definition) is 3. The van der Waals surface area contributed by atoms with Gasteiger partial charge in [-0.15, -0.1) is 0 Å². The van der Waals surface area contributed by atoms with E-state index in [0.717, 1.165) is 55.7 Å². The fraction of sp³-hybridized carbons (Fsp3) is 0.667. The zero-order valence-electron chi connectivity index (χ0n) is 16.0. The molecule has 4 aliphatic rings. The van der Waals surface area contributed by atoms with Crippen LogP contribution in [0.4, 0.5) is 13.2 Å². The van der Waals surface area contributed by atoms with Gasteiger partial charge < -0.3 is 14.6 Å². The summed E-state index contributed by atoms with van der Waals surface area (Å²) in [7, 11) is 0. The Hall–Kier alpha value is -1.76. The lowest BCUT2D eigenvalue weighted by molar-refractivity contribution is -0.244. The molecular formula is C21H25F3O4. The lowest BCUT2D eigenvalue weighted by Crippen LogP contribution is -2.52. The molecule has 0 aliphatic heterocycles. The summed E-state index contributed by atoms with van der Waals surface area (Å²) in [5.41, 5.74) is -1.26. The molecule has 1 N–H and O–H groups in total. The quantitative estimate of drug-likeness (QED) is 0.679. The molecule has 4 bridgehead atoms. The highest BCUT2D eigenvalue weighted by molar-refractivity contribution is 5.88. The molecule has 5 rings (SSSR count). The van der Waals surface area contributed by atoms with Crippen molar-refractivity contribution in [2.45, 2.75) is 64.0 Å². The van der Waals surface area contributed by atoms with Crippen LogP contribution in [0, 0.1) is 23.7 Å². The second-order valence-electron chi connectivity index (χ2n) is 9.03. The van der Waals surface area contributed by atoms with Crippen LogP contribution in [0.3, 0.4) is 0 Å². The maximum absolute atomic E-state index is 13.4. The first-order valence-corrected chi connectivity index (χ1v) is 9.83. The van der Waals surface area contributed by atoms with Crippen molar-refractivity contribution in [2.75, 3.05) is 0 Å². The van der Waals surface area contributed by atoms with E-state index in [9.17, 15) is 18.0 Å². The Morgan fingerprint density at radius 1 is 1.04 bits per heavy atom. The zero-order valence-corrected chi connectivity index (χ0v) is 16.0. The van der Waals surface area contributed by atoms with Gasteiger partial charge in [0.15, 0.2) is 0 Å². The summed E-state index contributed by atoms with van der Waals surface area (Å²) in [5, 5.41) is 9.13. The minimum Gasteiger partial charge on any atom is -0.478 e. The number of ether oxygens (including phenoxy) is 2. The van der Waals surface area contributed by atoms with E-state index in [4.69, 9.17) is 14.6 Å². The maximum Gasteiger partial charge on any atom is 0.419 e. The van der Waals surface area contributed by atoms with Crippen LogP contribution >= 0.6 is 0 Å². The summed E-state index contributed by atoms with van der Waals surface area (Å²) in [6.07, 6.45) is 1.12. The smallest absolute Gasteiger partial charge is 0.419 e. The maximum atomic E-state index is 13.4. The summed E-state index contributed by atoms with van der Waals surface area (Å²) in [4.78, 5) is 11.2. The first kappa shape index (κ1) is 19.6. The Morgan fingerprint density at radius 2 is 1.61 bits per heavy atom. The van der Waals surface area contributed by atoms with Crippen LogP contribution in [0.25, 0.3) is 0 Å². The van der Waals surface area contributed by atoms with Crippen LogP contribution in [0.1, 0.15) is 61.9 Å². The molecule has 0 atom stereocenters. The minimum absolute atomic E-state index is 0.0141. The van der Waals surface area contributed by atoms with E-state index < -0.39 is 29.2 Å². The van der Waals surface area contributed by atoms with E-state index in [0.29, 0.717) is 11.8 Å². The highest BCUT2D eigenvalue weighted by Gasteiger charge is 2.50. The van der Waals surface area contributed by atoms with Crippen LogP contribution in [0.5, 0.6) is 5.75 Å². The number of carboxylic acid groups (broad SMARTS) is 1. The van der Waals surface area contributed by atoms with Gasteiger partial charge in [0.25, 0.3) is 0 Å². The molecule has 28 heavy (non-hydrogen) atoms. The summed E-state index contributed by atoms with van der Waals surface area (Å²) < 4.78 is 52.0. The molecule has 4 saturated carbocycles. The molecule has 0 saturated heterocycles. The molecular weight excluding hydrogens is 373 g/mol. The molecule has 1 aromatic carbocycles. The number of carbonyl (C=O) groups is 1. The van der Waals surface area contributed by atoms with Crippen molar-refractivity contribution in [3.63, 3.8) is 0 Å². The Balaban J connectivity index is 1.56. The topological polar surface area (TPSA) is 55.8 Å². The van der Waals surface area contributed by atoms with E-state index >= 15 is 0 Å². The van der Waals surface area contributed by atoms with Crippen LogP contribution in [0.15, 0.2) is 18.2 Å². The molecule has 0 spiro atoms. The third-order valence-electron chi connectivity index (χ3n) is 6.45. The number of alkyl halides is 3. The number of aromatic carboxylic acids is 1. The summed E-state index contributed by atoms with van der Waals surface area (Å²) in [5.74, 6) is -0.722. The molecule has 154 valence electrons.